The van der Waals surface area contributed by atoms with Crippen LogP contribution in [0.1, 0.15) is 18.4 Å². The van der Waals surface area contributed by atoms with Gasteiger partial charge in [0.2, 0.25) is 0 Å². The van der Waals surface area contributed by atoms with Gasteiger partial charge < -0.3 is 0 Å². The molecular weight excluding hydrogens is 252 g/mol. The third-order valence-electron chi connectivity index (χ3n) is 2.30. The number of halogens is 1. The van der Waals surface area contributed by atoms with Crippen molar-refractivity contribution in [1.29, 1.82) is 0 Å². The highest BCUT2D eigenvalue weighted by Crippen LogP contribution is 2.18. The minimum atomic E-state index is 0.236. The Hall–Kier alpha value is -0.820. The summed E-state index contributed by atoms with van der Waals surface area (Å²) in [6.07, 6.45) is 7.76. The molecule has 0 radical (unpaired) electrons. The molecule has 15 heavy (non-hydrogen) atoms. The zero-order chi connectivity index (χ0) is 11.1. The minimum absolute atomic E-state index is 0.236. The first-order chi connectivity index (χ1) is 7.27. The summed E-state index contributed by atoms with van der Waals surface area (Å²) in [5, 5.41) is 0. The van der Waals surface area contributed by atoms with Gasteiger partial charge in [-0.3, -0.25) is 11.3 Å². The summed E-state index contributed by atoms with van der Waals surface area (Å²) in [4.78, 5) is 0. The van der Waals surface area contributed by atoms with Gasteiger partial charge in [-0.05, 0) is 24.5 Å². The maximum atomic E-state index is 5.48. The first-order valence-corrected chi connectivity index (χ1v) is 5.70. The van der Waals surface area contributed by atoms with Crippen LogP contribution in [0.3, 0.4) is 0 Å². The average Bonchev–Trinajstić information content (AvgIpc) is 2.26. The Labute approximate surface area is 99.3 Å². The smallest absolute Gasteiger partial charge is 0.0260 e. The van der Waals surface area contributed by atoms with Gasteiger partial charge in [-0.15, -0.1) is 12.3 Å². The van der Waals surface area contributed by atoms with Gasteiger partial charge in [0, 0.05) is 16.9 Å². The number of hydrogen-bond acceptors (Lipinski definition) is 2. The number of hydrazine groups is 1. The van der Waals surface area contributed by atoms with E-state index < -0.39 is 0 Å². The topological polar surface area (TPSA) is 38.0 Å². The SMILES string of the molecule is C#CCCC(Cc1ccccc1Br)NN. The highest BCUT2D eigenvalue weighted by atomic mass is 79.9. The summed E-state index contributed by atoms with van der Waals surface area (Å²) in [6.45, 7) is 0. The fourth-order valence-corrected chi connectivity index (χ4v) is 1.88. The van der Waals surface area contributed by atoms with E-state index >= 15 is 0 Å². The molecule has 1 rings (SSSR count). The number of terminal acetylenes is 1. The first kappa shape index (κ1) is 12.3. The Morgan fingerprint density at radius 1 is 1.47 bits per heavy atom. The van der Waals surface area contributed by atoms with Crippen molar-refractivity contribution in [3.8, 4) is 12.3 Å². The lowest BCUT2D eigenvalue weighted by Crippen LogP contribution is -2.36. The van der Waals surface area contributed by atoms with Gasteiger partial charge in [0.25, 0.3) is 0 Å². The normalized spacial score (nSPS) is 12.1. The molecule has 1 aromatic rings. The molecule has 0 aliphatic carbocycles. The van der Waals surface area contributed by atoms with Crippen LogP contribution >= 0.6 is 15.9 Å². The van der Waals surface area contributed by atoms with Crippen LogP contribution in [0.15, 0.2) is 28.7 Å². The number of rotatable bonds is 5. The largest absolute Gasteiger partial charge is 0.271 e. The standard InChI is InChI=1S/C12H15BrN2/c1-2-3-7-11(15-14)9-10-6-4-5-8-12(10)13/h1,4-6,8,11,15H,3,7,9,14H2. The highest BCUT2D eigenvalue weighted by molar-refractivity contribution is 9.10. The summed E-state index contributed by atoms with van der Waals surface area (Å²) in [5.41, 5.74) is 4.04. The first-order valence-electron chi connectivity index (χ1n) is 4.91. The fourth-order valence-electron chi connectivity index (χ4n) is 1.43. The van der Waals surface area contributed by atoms with Crippen molar-refractivity contribution in [2.24, 2.45) is 5.84 Å². The molecule has 2 nitrogen and oxygen atoms in total. The molecule has 3 heteroatoms. The summed E-state index contributed by atoms with van der Waals surface area (Å²) in [6, 6.07) is 8.38. The molecule has 0 aliphatic rings. The second-order valence-corrected chi connectivity index (χ2v) is 4.26. The van der Waals surface area contributed by atoms with Crippen molar-refractivity contribution in [3.05, 3.63) is 34.3 Å². The summed E-state index contributed by atoms with van der Waals surface area (Å²) < 4.78 is 1.12. The van der Waals surface area contributed by atoms with E-state index in [4.69, 9.17) is 12.3 Å². The van der Waals surface area contributed by atoms with Crippen molar-refractivity contribution in [1.82, 2.24) is 5.43 Å². The zero-order valence-electron chi connectivity index (χ0n) is 8.54. The second kappa shape index (κ2) is 6.62. The highest BCUT2D eigenvalue weighted by Gasteiger charge is 2.08. The Morgan fingerprint density at radius 3 is 2.80 bits per heavy atom. The van der Waals surface area contributed by atoms with Crippen molar-refractivity contribution < 1.29 is 0 Å². The van der Waals surface area contributed by atoms with Crippen molar-refractivity contribution in [2.45, 2.75) is 25.3 Å². The van der Waals surface area contributed by atoms with Crippen LogP contribution in [-0.2, 0) is 6.42 Å². The van der Waals surface area contributed by atoms with Crippen LogP contribution in [0.4, 0.5) is 0 Å². The van der Waals surface area contributed by atoms with Gasteiger partial charge in [-0.25, -0.2) is 0 Å². The van der Waals surface area contributed by atoms with E-state index in [1.54, 1.807) is 0 Å². The molecule has 1 atom stereocenters. The Morgan fingerprint density at radius 2 is 2.20 bits per heavy atom. The molecule has 0 bridgehead atoms. The predicted molar refractivity (Wildman–Crippen MR) is 67.0 cm³/mol. The van der Waals surface area contributed by atoms with E-state index in [0.29, 0.717) is 0 Å². The second-order valence-electron chi connectivity index (χ2n) is 3.40. The maximum absolute atomic E-state index is 5.48. The monoisotopic (exact) mass is 266 g/mol. The molecule has 3 N–H and O–H groups in total. The molecule has 0 aromatic heterocycles. The molecule has 0 saturated heterocycles. The minimum Gasteiger partial charge on any atom is -0.271 e. The molecule has 0 amide bonds. The van der Waals surface area contributed by atoms with Gasteiger partial charge >= 0.3 is 0 Å². The molecule has 0 heterocycles. The van der Waals surface area contributed by atoms with Crippen LogP contribution in [0, 0.1) is 12.3 Å². The summed E-state index contributed by atoms with van der Waals surface area (Å²) in [5.74, 6) is 8.10. The van der Waals surface area contributed by atoms with Gasteiger partial charge in [-0.1, -0.05) is 34.1 Å². The Bertz CT molecular complexity index is 344. The number of nitrogens with two attached hydrogens (primary N) is 1. The third kappa shape index (κ3) is 4.05. The van der Waals surface area contributed by atoms with Gasteiger partial charge in [0.1, 0.15) is 0 Å². The lowest BCUT2D eigenvalue weighted by molar-refractivity contribution is 0.497. The third-order valence-corrected chi connectivity index (χ3v) is 3.07. The number of hydrogen-bond donors (Lipinski definition) is 2. The fraction of sp³-hybridized carbons (Fsp3) is 0.333. The average molecular weight is 267 g/mol. The Kier molecular flexibility index (Phi) is 5.41. The molecule has 0 aliphatic heterocycles. The molecule has 1 aromatic carbocycles. The zero-order valence-corrected chi connectivity index (χ0v) is 10.1. The summed E-state index contributed by atoms with van der Waals surface area (Å²) in [7, 11) is 0. The number of nitrogens with one attached hydrogen (secondary N) is 1. The maximum Gasteiger partial charge on any atom is 0.0260 e. The quantitative estimate of drug-likeness (QED) is 0.488. The van der Waals surface area contributed by atoms with Gasteiger partial charge in [-0.2, -0.15) is 0 Å². The van der Waals surface area contributed by atoms with Crippen LogP contribution < -0.4 is 11.3 Å². The summed E-state index contributed by atoms with van der Waals surface area (Å²) >= 11 is 3.51. The lowest BCUT2D eigenvalue weighted by Gasteiger charge is -2.15. The van der Waals surface area contributed by atoms with Crippen LogP contribution in [0.25, 0.3) is 0 Å². The molecule has 0 spiro atoms. The molecular formula is C12H15BrN2. The van der Waals surface area contributed by atoms with Gasteiger partial charge in [0.15, 0.2) is 0 Å². The van der Waals surface area contributed by atoms with Crippen LogP contribution in [0.5, 0.6) is 0 Å². The predicted octanol–water partition coefficient (Wildman–Crippen LogP) is 2.24. The number of benzene rings is 1. The van der Waals surface area contributed by atoms with E-state index in [1.807, 2.05) is 18.2 Å². The van der Waals surface area contributed by atoms with E-state index in [1.165, 1.54) is 5.56 Å². The molecule has 80 valence electrons. The molecule has 1 unspecified atom stereocenters. The molecule has 0 saturated carbocycles. The van der Waals surface area contributed by atoms with Crippen LogP contribution in [0.2, 0.25) is 0 Å². The van der Waals surface area contributed by atoms with E-state index in [2.05, 4.69) is 33.3 Å². The van der Waals surface area contributed by atoms with Crippen molar-refractivity contribution >= 4 is 15.9 Å². The van der Waals surface area contributed by atoms with E-state index in [-0.39, 0.29) is 6.04 Å². The van der Waals surface area contributed by atoms with Crippen molar-refractivity contribution in [2.75, 3.05) is 0 Å². The van der Waals surface area contributed by atoms with Gasteiger partial charge in [0.05, 0.1) is 0 Å². The van der Waals surface area contributed by atoms with E-state index in [0.717, 1.165) is 23.7 Å². The van der Waals surface area contributed by atoms with E-state index in [9.17, 15) is 0 Å². The lowest BCUT2D eigenvalue weighted by atomic mass is 10.0. The van der Waals surface area contributed by atoms with Crippen molar-refractivity contribution in [3.63, 3.8) is 0 Å². The molecule has 0 fully saturated rings. The Balaban J connectivity index is 2.59. The van der Waals surface area contributed by atoms with Crippen LogP contribution in [-0.4, -0.2) is 6.04 Å².